The highest BCUT2D eigenvalue weighted by atomic mass is 16.6. The second kappa shape index (κ2) is 6.11. The first-order valence-electron chi connectivity index (χ1n) is 7.27. The standard InChI is InChI=1S/C15H14N4O5/c1-9-6-12(9)15-5-3-11(24-15)8-16-17-13-4-2-10(18(20)21)7-14(13)19(22)23/h2-5,7-9,12,17H,6H2,1H3/b16-8-/t9-,12+/m1/s1. The van der Waals surface area contributed by atoms with Gasteiger partial charge in [-0.15, -0.1) is 0 Å². The highest BCUT2D eigenvalue weighted by Gasteiger charge is 2.36. The first-order valence-corrected chi connectivity index (χ1v) is 7.27. The molecule has 124 valence electrons. The van der Waals surface area contributed by atoms with Crippen LogP contribution in [0.5, 0.6) is 0 Å². The minimum atomic E-state index is -0.704. The second-order valence-electron chi connectivity index (χ2n) is 5.65. The van der Waals surface area contributed by atoms with Gasteiger partial charge in [-0.25, -0.2) is 0 Å². The van der Waals surface area contributed by atoms with Crippen molar-refractivity contribution in [2.24, 2.45) is 11.0 Å². The summed E-state index contributed by atoms with van der Waals surface area (Å²) in [5, 5.41) is 25.6. The van der Waals surface area contributed by atoms with E-state index in [4.69, 9.17) is 4.42 Å². The number of rotatable bonds is 6. The second-order valence-corrected chi connectivity index (χ2v) is 5.65. The molecule has 0 unspecified atom stereocenters. The Morgan fingerprint density at radius 3 is 2.62 bits per heavy atom. The molecule has 1 saturated carbocycles. The van der Waals surface area contributed by atoms with Crippen LogP contribution in [0.15, 0.2) is 39.9 Å². The zero-order valence-electron chi connectivity index (χ0n) is 12.7. The lowest BCUT2D eigenvalue weighted by Crippen LogP contribution is -1.98. The van der Waals surface area contributed by atoms with Crippen LogP contribution < -0.4 is 5.43 Å². The van der Waals surface area contributed by atoms with Gasteiger partial charge in [0, 0.05) is 12.0 Å². The van der Waals surface area contributed by atoms with Crippen molar-refractivity contribution in [3.05, 3.63) is 62.1 Å². The minimum Gasteiger partial charge on any atom is -0.460 e. The average molecular weight is 330 g/mol. The maximum Gasteiger partial charge on any atom is 0.301 e. The first kappa shape index (κ1) is 15.7. The van der Waals surface area contributed by atoms with Crippen LogP contribution in [-0.4, -0.2) is 16.1 Å². The van der Waals surface area contributed by atoms with Gasteiger partial charge in [0.05, 0.1) is 22.1 Å². The molecule has 24 heavy (non-hydrogen) atoms. The Morgan fingerprint density at radius 2 is 2.00 bits per heavy atom. The monoisotopic (exact) mass is 330 g/mol. The van der Waals surface area contributed by atoms with Gasteiger partial charge < -0.3 is 4.42 Å². The molecule has 1 aliphatic rings. The van der Waals surface area contributed by atoms with Crippen molar-refractivity contribution in [3.63, 3.8) is 0 Å². The van der Waals surface area contributed by atoms with Crippen molar-refractivity contribution < 1.29 is 14.3 Å². The van der Waals surface area contributed by atoms with E-state index < -0.39 is 15.5 Å². The summed E-state index contributed by atoms with van der Waals surface area (Å²) in [6.45, 7) is 2.15. The molecule has 1 heterocycles. The molecule has 1 aromatic carbocycles. The van der Waals surface area contributed by atoms with E-state index in [2.05, 4.69) is 17.5 Å². The number of anilines is 1. The van der Waals surface area contributed by atoms with Gasteiger partial charge in [-0.05, 0) is 30.5 Å². The molecule has 0 radical (unpaired) electrons. The van der Waals surface area contributed by atoms with Crippen molar-refractivity contribution in [3.8, 4) is 0 Å². The van der Waals surface area contributed by atoms with E-state index in [0.29, 0.717) is 17.6 Å². The van der Waals surface area contributed by atoms with Gasteiger partial charge in [-0.3, -0.25) is 25.7 Å². The lowest BCUT2D eigenvalue weighted by molar-refractivity contribution is -0.393. The number of benzene rings is 1. The van der Waals surface area contributed by atoms with Crippen LogP contribution in [0.25, 0.3) is 0 Å². The van der Waals surface area contributed by atoms with E-state index in [9.17, 15) is 20.2 Å². The molecule has 0 bridgehead atoms. The number of hydrazone groups is 1. The SMILES string of the molecule is C[C@@H]1C[C@@H]1c1ccc(/C=N\Nc2ccc([N+](=O)[O-])cc2[N+](=O)[O-])o1. The third-order valence-corrected chi connectivity index (χ3v) is 3.89. The summed E-state index contributed by atoms with van der Waals surface area (Å²) in [6.07, 6.45) is 2.51. The number of hydrogen-bond acceptors (Lipinski definition) is 7. The van der Waals surface area contributed by atoms with Crippen molar-refractivity contribution in [2.45, 2.75) is 19.3 Å². The summed E-state index contributed by atoms with van der Waals surface area (Å²) in [5.74, 6) is 2.52. The predicted molar refractivity (Wildman–Crippen MR) is 86.2 cm³/mol. The minimum absolute atomic E-state index is 0.0597. The molecule has 2 atom stereocenters. The van der Waals surface area contributed by atoms with Gasteiger partial charge in [-0.2, -0.15) is 5.10 Å². The van der Waals surface area contributed by atoms with Crippen LogP contribution in [0.3, 0.4) is 0 Å². The number of nitrogens with one attached hydrogen (secondary N) is 1. The Balaban J connectivity index is 1.72. The summed E-state index contributed by atoms with van der Waals surface area (Å²) in [4.78, 5) is 20.3. The van der Waals surface area contributed by atoms with Gasteiger partial charge in [-0.1, -0.05) is 6.92 Å². The summed E-state index contributed by atoms with van der Waals surface area (Å²) in [6, 6.07) is 6.97. The zero-order chi connectivity index (χ0) is 17.3. The van der Waals surface area contributed by atoms with Crippen LogP contribution in [0.2, 0.25) is 0 Å². The summed E-state index contributed by atoms with van der Waals surface area (Å²) < 4.78 is 5.63. The van der Waals surface area contributed by atoms with Gasteiger partial charge in [0.25, 0.3) is 5.69 Å². The molecule has 2 aromatic rings. The number of furan rings is 1. The Morgan fingerprint density at radius 1 is 1.25 bits per heavy atom. The normalized spacial score (nSPS) is 19.4. The zero-order valence-corrected chi connectivity index (χ0v) is 12.7. The summed E-state index contributed by atoms with van der Waals surface area (Å²) >= 11 is 0. The Hall–Kier alpha value is -3.23. The first-order chi connectivity index (χ1) is 11.5. The molecule has 0 aliphatic heterocycles. The molecule has 1 fully saturated rings. The topological polar surface area (TPSA) is 124 Å². The van der Waals surface area contributed by atoms with E-state index in [0.717, 1.165) is 18.2 Å². The van der Waals surface area contributed by atoms with Crippen LogP contribution in [0, 0.1) is 26.1 Å². The molecule has 0 saturated heterocycles. The third kappa shape index (κ3) is 3.24. The van der Waals surface area contributed by atoms with Crippen molar-refractivity contribution in [1.82, 2.24) is 0 Å². The van der Waals surface area contributed by atoms with Crippen molar-refractivity contribution in [1.29, 1.82) is 0 Å². The van der Waals surface area contributed by atoms with Crippen LogP contribution in [0.1, 0.15) is 30.8 Å². The molecule has 0 spiro atoms. The maximum atomic E-state index is 11.0. The largest absolute Gasteiger partial charge is 0.460 e. The van der Waals surface area contributed by atoms with Crippen LogP contribution in [-0.2, 0) is 0 Å². The van der Waals surface area contributed by atoms with Gasteiger partial charge >= 0.3 is 5.69 Å². The molecule has 3 rings (SSSR count). The number of nitro benzene ring substituents is 2. The molecule has 1 aromatic heterocycles. The quantitative estimate of drug-likeness (QED) is 0.489. The van der Waals surface area contributed by atoms with Crippen molar-refractivity contribution >= 4 is 23.3 Å². The average Bonchev–Trinajstić information content (AvgIpc) is 3.08. The molecule has 9 nitrogen and oxygen atoms in total. The van der Waals surface area contributed by atoms with E-state index in [1.165, 1.54) is 18.3 Å². The van der Waals surface area contributed by atoms with Gasteiger partial charge in [0.15, 0.2) is 0 Å². The molecule has 0 amide bonds. The Kier molecular flexibility index (Phi) is 3.98. The van der Waals surface area contributed by atoms with Crippen molar-refractivity contribution in [2.75, 3.05) is 5.43 Å². The highest BCUT2D eigenvalue weighted by molar-refractivity contribution is 5.77. The van der Waals surface area contributed by atoms with E-state index in [1.807, 2.05) is 6.07 Å². The third-order valence-electron chi connectivity index (χ3n) is 3.89. The Bertz CT molecular complexity index is 829. The molecule has 1 N–H and O–H groups in total. The molecular formula is C15H14N4O5. The summed E-state index contributed by atoms with van der Waals surface area (Å²) in [7, 11) is 0. The fourth-order valence-corrected chi connectivity index (χ4v) is 2.40. The number of nitrogens with zero attached hydrogens (tertiary/aromatic N) is 3. The lowest BCUT2D eigenvalue weighted by Gasteiger charge is -2.01. The Labute approximate surface area is 136 Å². The van der Waals surface area contributed by atoms with E-state index in [-0.39, 0.29) is 11.4 Å². The maximum absolute atomic E-state index is 11.0. The lowest BCUT2D eigenvalue weighted by atomic mass is 10.2. The van der Waals surface area contributed by atoms with E-state index in [1.54, 1.807) is 6.07 Å². The van der Waals surface area contributed by atoms with Gasteiger partial charge in [0.1, 0.15) is 17.2 Å². The van der Waals surface area contributed by atoms with Gasteiger partial charge in [0.2, 0.25) is 0 Å². The van der Waals surface area contributed by atoms with Crippen LogP contribution >= 0.6 is 0 Å². The van der Waals surface area contributed by atoms with E-state index >= 15 is 0 Å². The highest BCUT2D eigenvalue weighted by Crippen LogP contribution is 2.47. The smallest absolute Gasteiger partial charge is 0.301 e. The molecular weight excluding hydrogens is 316 g/mol. The van der Waals surface area contributed by atoms with Crippen LogP contribution in [0.4, 0.5) is 17.1 Å². The fraction of sp³-hybridized carbons (Fsp3) is 0.267. The fourth-order valence-electron chi connectivity index (χ4n) is 2.40. The number of non-ortho nitro benzene ring substituents is 1. The summed E-state index contributed by atoms with van der Waals surface area (Å²) in [5.41, 5.74) is 1.80. The number of hydrogen-bond donors (Lipinski definition) is 1. The number of nitro groups is 2. The molecule has 1 aliphatic carbocycles. The molecule has 9 heteroatoms. The predicted octanol–water partition coefficient (Wildman–Crippen LogP) is 3.67.